The van der Waals surface area contributed by atoms with Gasteiger partial charge in [-0.05, 0) is 12.1 Å². The van der Waals surface area contributed by atoms with Gasteiger partial charge < -0.3 is 5.11 Å². The standard InChI is InChI=1S/C11H11NO3/c1-12-9(11(14)7-15-12)6-8-4-2-3-5-10(8)13/h2-6,13H,7H2,1H3. The van der Waals surface area contributed by atoms with Crippen LogP contribution in [0, 0.1) is 0 Å². The summed E-state index contributed by atoms with van der Waals surface area (Å²) in [5.74, 6) is 0.0684. The Hall–Kier alpha value is -1.81. The highest BCUT2D eigenvalue weighted by Gasteiger charge is 2.23. The number of hydroxylamine groups is 2. The number of benzene rings is 1. The zero-order valence-electron chi connectivity index (χ0n) is 8.30. The fourth-order valence-corrected chi connectivity index (χ4v) is 1.40. The van der Waals surface area contributed by atoms with Crippen LogP contribution in [0.2, 0.25) is 0 Å². The van der Waals surface area contributed by atoms with Crippen LogP contribution in [0.1, 0.15) is 5.56 Å². The van der Waals surface area contributed by atoms with Crippen molar-refractivity contribution in [2.24, 2.45) is 0 Å². The van der Waals surface area contributed by atoms with Crippen LogP contribution >= 0.6 is 0 Å². The molecular formula is C11H11NO3. The number of Topliss-reactive ketones (excluding diaryl/α,β-unsaturated/α-hetero) is 1. The highest BCUT2D eigenvalue weighted by Crippen LogP contribution is 2.22. The molecule has 4 heteroatoms. The molecular weight excluding hydrogens is 194 g/mol. The summed E-state index contributed by atoms with van der Waals surface area (Å²) in [6.45, 7) is 0.0654. The summed E-state index contributed by atoms with van der Waals surface area (Å²) in [7, 11) is 1.66. The van der Waals surface area contributed by atoms with Crippen LogP contribution < -0.4 is 0 Å². The van der Waals surface area contributed by atoms with Crippen LogP contribution in [0.25, 0.3) is 6.08 Å². The predicted octanol–water partition coefficient (Wildman–Crippen LogP) is 1.18. The number of carbonyl (C=O) groups excluding carboxylic acids is 1. The van der Waals surface area contributed by atoms with Gasteiger partial charge in [-0.15, -0.1) is 0 Å². The normalized spacial score (nSPS) is 18.9. The average Bonchev–Trinajstić information content (AvgIpc) is 2.53. The number of hydrogen-bond donors (Lipinski definition) is 1. The van der Waals surface area contributed by atoms with E-state index in [-0.39, 0.29) is 18.1 Å². The molecule has 0 atom stereocenters. The quantitative estimate of drug-likeness (QED) is 0.699. The van der Waals surface area contributed by atoms with Crippen molar-refractivity contribution in [1.82, 2.24) is 5.06 Å². The van der Waals surface area contributed by atoms with E-state index < -0.39 is 0 Å². The van der Waals surface area contributed by atoms with Gasteiger partial charge in [0.25, 0.3) is 0 Å². The molecule has 1 aromatic carbocycles. The number of phenolic OH excluding ortho intramolecular Hbond substituents is 1. The number of likely N-dealkylation sites (N-methyl/N-ethyl adjacent to an activating group) is 1. The third-order valence-electron chi connectivity index (χ3n) is 2.24. The summed E-state index contributed by atoms with van der Waals surface area (Å²) < 4.78 is 0. The monoisotopic (exact) mass is 205 g/mol. The molecule has 1 aromatic rings. The first-order chi connectivity index (χ1) is 7.18. The Balaban J connectivity index is 2.38. The van der Waals surface area contributed by atoms with Gasteiger partial charge in [-0.1, -0.05) is 18.2 Å². The van der Waals surface area contributed by atoms with Crippen molar-refractivity contribution in [3.8, 4) is 5.75 Å². The molecule has 0 radical (unpaired) electrons. The lowest BCUT2D eigenvalue weighted by atomic mass is 10.1. The smallest absolute Gasteiger partial charge is 0.209 e. The Morgan fingerprint density at radius 1 is 1.47 bits per heavy atom. The maximum Gasteiger partial charge on any atom is 0.209 e. The summed E-state index contributed by atoms with van der Waals surface area (Å²) in [5.41, 5.74) is 1.06. The van der Waals surface area contributed by atoms with Crippen molar-refractivity contribution in [1.29, 1.82) is 0 Å². The van der Waals surface area contributed by atoms with Crippen molar-refractivity contribution in [3.05, 3.63) is 35.5 Å². The number of nitrogens with zero attached hydrogens (tertiary/aromatic N) is 1. The van der Waals surface area contributed by atoms with Crippen LogP contribution in [-0.4, -0.2) is 29.6 Å². The highest BCUT2D eigenvalue weighted by molar-refractivity contribution is 6.01. The topological polar surface area (TPSA) is 49.8 Å². The molecule has 0 aliphatic carbocycles. The first-order valence-electron chi connectivity index (χ1n) is 4.58. The third-order valence-corrected chi connectivity index (χ3v) is 2.24. The van der Waals surface area contributed by atoms with E-state index in [1.165, 1.54) is 5.06 Å². The lowest BCUT2D eigenvalue weighted by Gasteiger charge is -2.09. The van der Waals surface area contributed by atoms with E-state index >= 15 is 0 Å². The third kappa shape index (κ3) is 1.85. The molecule has 1 N–H and O–H groups in total. The van der Waals surface area contributed by atoms with Gasteiger partial charge >= 0.3 is 0 Å². The zero-order chi connectivity index (χ0) is 10.8. The molecule has 1 fully saturated rings. The SMILES string of the molecule is CN1OCC(=O)C1=Cc1ccccc1O. The molecule has 0 aromatic heterocycles. The molecule has 1 aliphatic heterocycles. The lowest BCUT2D eigenvalue weighted by molar-refractivity contribution is -0.118. The van der Waals surface area contributed by atoms with Crippen molar-refractivity contribution < 1.29 is 14.7 Å². The minimum absolute atomic E-state index is 0.0654. The van der Waals surface area contributed by atoms with Gasteiger partial charge in [0, 0.05) is 12.6 Å². The summed E-state index contributed by atoms with van der Waals surface area (Å²) in [5, 5.41) is 10.9. The lowest BCUT2D eigenvalue weighted by Crippen LogP contribution is -2.10. The molecule has 0 bridgehead atoms. The number of aromatic hydroxyl groups is 1. The molecule has 2 rings (SSSR count). The van der Waals surface area contributed by atoms with Crippen LogP contribution in [-0.2, 0) is 9.63 Å². The van der Waals surface area contributed by atoms with Crippen LogP contribution in [0.15, 0.2) is 30.0 Å². The fraction of sp³-hybridized carbons (Fsp3) is 0.182. The minimum Gasteiger partial charge on any atom is -0.507 e. The second kappa shape index (κ2) is 3.74. The summed E-state index contributed by atoms with van der Waals surface area (Å²) in [6.07, 6.45) is 1.62. The van der Waals surface area contributed by atoms with Crippen LogP contribution in [0.3, 0.4) is 0 Å². The Kier molecular flexibility index (Phi) is 2.43. The first-order valence-corrected chi connectivity index (χ1v) is 4.58. The van der Waals surface area contributed by atoms with E-state index in [4.69, 9.17) is 4.84 Å². The van der Waals surface area contributed by atoms with Crippen LogP contribution in [0.5, 0.6) is 5.75 Å². The van der Waals surface area contributed by atoms with Crippen LogP contribution in [0.4, 0.5) is 0 Å². The molecule has 15 heavy (non-hydrogen) atoms. The largest absolute Gasteiger partial charge is 0.507 e. The van der Waals surface area contributed by atoms with Gasteiger partial charge in [-0.2, -0.15) is 0 Å². The minimum atomic E-state index is -0.0826. The van der Waals surface area contributed by atoms with Gasteiger partial charge in [-0.25, -0.2) is 0 Å². The Morgan fingerprint density at radius 2 is 2.20 bits per heavy atom. The predicted molar refractivity (Wildman–Crippen MR) is 54.8 cm³/mol. The zero-order valence-corrected chi connectivity index (χ0v) is 8.30. The molecule has 1 saturated heterocycles. The maximum absolute atomic E-state index is 11.4. The Morgan fingerprint density at radius 3 is 2.80 bits per heavy atom. The van der Waals surface area contributed by atoms with E-state index in [0.717, 1.165) is 0 Å². The number of phenols is 1. The van der Waals surface area contributed by atoms with Crippen molar-refractivity contribution in [3.63, 3.8) is 0 Å². The summed E-state index contributed by atoms with van der Waals surface area (Å²) in [6, 6.07) is 6.84. The fourth-order valence-electron chi connectivity index (χ4n) is 1.40. The van der Waals surface area contributed by atoms with Gasteiger partial charge in [0.2, 0.25) is 5.78 Å². The van der Waals surface area contributed by atoms with Crippen molar-refractivity contribution >= 4 is 11.9 Å². The number of ketones is 1. The van der Waals surface area contributed by atoms with Gasteiger partial charge in [0.1, 0.15) is 18.1 Å². The maximum atomic E-state index is 11.4. The summed E-state index contributed by atoms with van der Waals surface area (Å²) in [4.78, 5) is 16.4. The van der Waals surface area contributed by atoms with Gasteiger partial charge in [0.05, 0.1) is 0 Å². The molecule has 0 saturated carbocycles. The highest BCUT2D eigenvalue weighted by atomic mass is 16.7. The van der Waals surface area contributed by atoms with Crippen molar-refractivity contribution in [2.75, 3.05) is 13.7 Å². The molecule has 1 aliphatic rings. The second-order valence-corrected chi connectivity index (χ2v) is 3.28. The van der Waals surface area contributed by atoms with E-state index in [9.17, 15) is 9.90 Å². The second-order valence-electron chi connectivity index (χ2n) is 3.28. The molecule has 0 amide bonds. The number of rotatable bonds is 1. The number of para-hydroxylation sites is 1. The van der Waals surface area contributed by atoms with Crippen molar-refractivity contribution in [2.45, 2.75) is 0 Å². The Bertz CT molecular complexity index is 426. The number of carbonyl (C=O) groups is 1. The molecule has 1 heterocycles. The Labute approximate surface area is 87.3 Å². The van der Waals surface area contributed by atoms with E-state index in [1.54, 1.807) is 37.4 Å². The van der Waals surface area contributed by atoms with Gasteiger partial charge in [0.15, 0.2) is 0 Å². The molecule has 4 nitrogen and oxygen atoms in total. The molecule has 0 spiro atoms. The molecule has 78 valence electrons. The first kappa shape index (κ1) is 9.73. The molecule has 0 unspecified atom stereocenters. The van der Waals surface area contributed by atoms with Gasteiger partial charge in [-0.3, -0.25) is 14.7 Å². The van der Waals surface area contributed by atoms with E-state index in [1.807, 2.05) is 0 Å². The van der Waals surface area contributed by atoms with E-state index in [0.29, 0.717) is 11.3 Å². The average molecular weight is 205 g/mol. The van der Waals surface area contributed by atoms with E-state index in [2.05, 4.69) is 0 Å². The number of hydrogen-bond acceptors (Lipinski definition) is 4. The summed E-state index contributed by atoms with van der Waals surface area (Å²) >= 11 is 0.